The number of aromatic nitrogens is 2. The second-order valence-corrected chi connectivity index (χ2v) is 3.26. The number of hydrogen-bond acceptors (Lipinski definition) is 3. The topological polar surface area (TPSA) is 80.7 Å². The second-order valence-electron chi connectivity index (χ2n) is 3.26. The van der Waals surface area contributed by atoms with Crippen LogP contribution in [0.3, 0.4) is 0 Å². The Labute approximate surface area is 81.9 Å². The summed E-state index contributed by atoms with van der Waals surface area (Å²) in [6.07, 6.45) is 0. The van der Waals surface area contributed by atoms with E-state index in [-0.39, 0.29) is 0 Å². The SMILES string of the molecule is Cc1ccc(-c2c(N)n[nH]c2N)cc1. The summed E-state index contributed by atoms with van der Waals surface area (Å²) in [5, 5.41) is 6.50. The minimum atomic E-state index is 0.436. The predicted octanol–water partition coefficient (Wildman–Crippen LogP) is 1.55. The summed E-state index contributed by atoms with van der Waals surface area (Å²) in [5.74, 6) is 0.942. The molecule has 2 aromatic rings. The Bertz CT molecular complexity index is 422. The van der Waals surface area contributed by atoms with Crippen LogP contribution < -0.4 is 11.5 Å². The van der Waals surface area contributed by atoms with Gasteiger partial charge in [0.05, 0.1) is 5.56 Å². The van der Waals surface area contributed by atoms with E-state index in [2.05, 4.69) is 10.2 Å². The Morgan fingerprint density at radius 3 is 2.29 bits per heavy atom. The van der Waals surface area contributed by atoms with Crippen LogP contribution >= 0.6 is 0 Å². The van der Waals surface area contributed by atoms with Gasteiger partial charge in [0.2, 0.25) is 0 Å². The Morgan fingerprint density at radius 1 is 1.14 bits per heavy atom. The third-order valence-corrected chi connectivity index (χ3v) is 2.16. The lowest BCUT2D eigenvalue weighted by molar-refractivity contribution is 1.11. The number of aryl methyl sites for hydroxylation is 1. The molecule has 0 fully saturated rings. The van der Waals surface area contributed by atoms with Crippen LogP contribution in [0.2, 0.25) is 0 Å². The van der Waals surface area contributed by atoms with Gasteiger partial charge in [-0.25, -0.2) is 0 Å². The van der Waals surface area contributed by atoms with Crippen LogP contribution in [0, 0.1) is 6.92 Å². The third kappa shape index (κ3) is 1.31. The lowest BCUT2D eigenvalue weighted by atomic mass is 10.1. The molecular weight excluding hydrogens is 176 g/mol. The van der Waals surface area contributed by atoms with Crippen molar-refractivity contribution in [2.75, 3.05) is 11.5 Å². The van der Waals surface area contributed by atoms with Gasteiger partial charge >= 0.3 is 0 Å². The fourth-order valence-corrected chi connectivity index (χ4v) is 1.39. The van der Waals surface area contributed by atoms with Crippen LogP contribution in [0.4, 0.5) is 11.6 Å². The van der Waals surface area contributed by atoms with Gasteiger partial charge in [0.1, 0.15) is 5.82 Å². The lowest BCUT2D eigenvalue weighted by Gasteiger charge is -2.01. The number of nitrogen functional groups attached to an aromatic ring is 2. The molecule has 0 unspecified atom stereocenters. The zero-order valence-electron chi connectivity index (χ0n) is 7.91. The lowest BCUT2D eigenvalue weighted by Crippen LogP contribution is -1.90. The highest BCUT2D eigenvalue weighted by Gasteiger charge is 2.09. The Hall–Kier alpha value is -1.97. The zero-order chi connectivity index (χ0) is 10.1. The first-order valence-corrected chi connectivity index (χ1v) is 4.35. The van der Waals surface area contributed by atoms with Crippen molar-refractivity contribution in [2.24, 2.45) is 0 Å². The molecule has 0 spiro atoms. The number of hydrogen-bond donors (Lipinski definition) is 3. The van der Waals surface area contributed by atoms with E-state index in [9.17, 15) is 0 Å². The summed E-state index contributed by atoms with van der Waals surface area (Å²) >= 11 is 0. The van der Waals surface area contributed by atoms with Gasteiger partial charge in [0.25, 0.3) is 0 Å². The van der Waals surface area contributed by atoms with Gasteiger partial charge in [0.15, 0.2) is 5.82 Å². The number of nitrogens with zero attached hydrogens (tertiary/aromatic N) is 1. The highest BCUT2D eigenvalue weighted by Crippen LogP contribution is 2.29. The molecule has 0 bridgehead atoms. The van der Waals surface area contributed by atoms with Gasteiger partial charge in [-0.05, 0) is 12.5 Å². The second kappa shape index (κ2) is 3.06. The molecule has 0 aliphatic heterocycles. The van der Waals surface area contributed by atoms with Crippen LogP contribution in [0.25, 0.3) is 11.1 Å². The largest absolute Gasteiger partial charge is 0.383 e. The van der Waals surface area contributed by atoms with E-state index in [4.69, 9.17) is 11.5 Å². The molecule has 0 amide bonds. The van der Waals surface area contributed by atoms with Crippen LogP contribution in [0.5, 0.6) is 0 Å². The number of nitrogens with one attached hydrogen (secondary N) is 1. The fraction of sp³-hybridized carbons (Fsp3) is 0.100. The standard InChI is InChI=1S/C10H12N4/c1-6-2-4-7(5-3-6)8-9(11)13-14-10(8)12/h2-5H,1H3,(H5,11,12,13,14). The first kappa shape index (κ1) is 8.62. The van der Waals surface area contributed by atoms with E-state index in [1.54, 1.807) is 0 Å². The van der Waals surface area contributed by atoms with E-state index >= 15 is 0 Å². The number of rotatable bonds is 1. The molecule has 0 aliphatic carbocycles. The van der Waals surface area contributed by atoms with Crippen molar-refractivity contribution >= 4 is 11.6 Å². The quantitative estimate of drug-likeness (QED) is 0.635. The average molecular weight is 188 g/mol. The van der Waals surface area contributed by atoms with Crippen molar-refractivity contribution in [1.82, 2.24) is 10.2 Å². The van der Waals surface area contributed by atoms with Crippen molar-refractivity contribution in [2.45, 2.75) is 6.92 Å². The van der Waals surface area contributed by atoms with E-state index < -0.39 is 0 Å². The van der Waals surface area contributed by atoms with Crippen LogP contribution in [0.15, 0.2) is 24.3 Å². The summed E-state index contributed by atoms with van der Waals surface area (Å²) < 4.78 is 0. The molecule has 14 heavy (non-hydrogen) atoms. The van der Waals surface area contributed by atoms with Crippen molar-refractivity contribution < 1.29 is 0 Å². The molecule has 0 atom stereocenters. The molecule has 0 aliphatic rings. The van der Waals surface area contributed by atoms with Gasteiger partial charge in [-0.3, -0.25) is 5.10 Å². The molecular formula is C10H12N4. The smallest absolute Gasteiger partial charge is 0.155 e. The number of benzene rings is 1. The molecule has 1 aromatic carbocycles. The van der Waals surface area contributed by atoms with E-state index in [1.807, 2.05) is 31.2 Å². The van der Waals surface area contributed by atoms with Gasteiger partial charge in [-0.2, -0.15) is 5.10 Å². The minimum Gasteiger partial charge on any atom is -0.383 e. The van der Waals surface area contributed by atoms with Gasteiger partial charge in [-0.1, -0.05) is 29.8 Å². The maximum absolute atomic E-state index is 5.71. The predicted molar refractivity (Wildman–Crippen MR) is 57.6 cm³/mol. The maximum Gasteiger partial charge on any atom is 0.155 e. The van der Waals surface area contributed by atoms with Crippen molar-refractivity contribution in [1.29, 1.82) is 0 Å². The molecule has 0 saturated heterocycles. The van der Waals surface area contributed by atoms with Crippen molar-refractivity contribution in [3.8, 4) is 11.1 Å². The van der Waals surface area contributed by atoms with Crippen LogP contribution in [-0.2, 0) is 0 Å². The number of H-pyrrole nitrogens is 1. The molecule has 5 N–H and O–H groups in total. The van der Waals surface area contributed by atoms with Gasteiger partial charge in [0, 0.05) is 0 Å². The first-order chi connectivity index (χ1) is 6.68. The molecule has 1 aromatic heterocycles. The van der Waals surface area contributed by atoms with Crippen molar-refractivity contribution in [3.05, 3.63) is 29.8 Å². The summed E-state index contributed by atoms with van der Waals surface area (Å²) in [4.78, 5) is 0. The highest BCUT2D eigenvalue weighted by molar-refractivity contribution is 5.82. The molecule has 2 rings (SSSR count). The normalized spacial score (nSPS) is 10.4. The summed E-state index contributed by atoms with van der Waals surface area (Å²) in [7, 11) is 0. The Morgan fingerprint density at radius 2 is 1.79 bits per heavy atom. The monoisotopic (exact) mass is 188 g/mol. The summed E-state index contributed by atoms with van der Waals surface area (Å²) in [6, 6.07) is 7.99. The molecule has 0 radical (unpaired) electrons. The Balaban J connectivity index is 2.54. The molecule has 4 nitrogen and oxygen atoms in total. The zero-order valence-corrected chi connectivity index (χ0v) is 7.91. The molecule has 1 heterocycles. The van der Waals surface area contributed by atoms with Crippen LogP contribution in [-0.4, -0.2) is 10.2 Å². The summed E-state index contributed by atoms with van der Waals surface area (Å²) in [6.45, 7) is 2.03. The first-order valence-electron chi connectivity index (χ1n) is 4.35. The number of aromatic amines is 1. The molecule has 72 valence electrons. The average Bonchev–Trinajstić information content (AvgIpc) is 2.49. The maximum atomic E-state index is 5.71. The van der Waals surface area contributed by atoms with E-state index in [0.29, 0.717) is 11.6 Å². The van der Waals surface area contributed by atoms with Crippen LogP contribution in [0.1, 0.15) is 5.56 Å². The van der Waals surface area contributed by atoms with Gasteiger partial charge in [-0.15, -0.1) is 0 Å². The number of anilines is 2. The molecule has 4 heteroatoms. The van der Waals surface area contributed by atoms with E-state index in [0.717, 1.165) is 11.1 Å². The van der Waals surface area contributed by atoms with E-state index in [1.165, 1.54) is 5.56 Å². The van der Waals surface area contributed by atoms with Gasteiger partial charge < -0.3 is 11.5 Å². The highest BCUT2D eigenvalue weighted by atomic mass is 15.2. The minimum absolute atomic E-state index is 0.436. The fourth-order valence-electron chi connectivity index (χ4n) is 1.39. The summed E-state index contributed by atoms with van der Waals surface area (Å²) in [5.41, 5.74) is 14.4. The Kier molecular flexibility index (Phi) is 1.89. The molecule has 0 saturated carbocycles. The van der Waals surface area contributed by atoms with Crippen molar-refractivity contribution in [3.63, 3.8) is 0 Å². The third-order valence-electron chi connectivity index (χ3n) is 2.16. The number of nitrogens with two attached hydrogens (primary N) is 2.